The summed E-state index contributed by atoms with van der Waals surface area (Å²) in [4.78, 5) is 38.4. The number of rotatable bonds is 7. The smallest absolute Gasteiger partial charge is 0.251 e. The molecule has 0 saturated carbocycles. The van der Waals surface area contributed by atoms with Gasteiger partial charge in [0.2, 0.25) is 5.91 Å². The first kappa shape index (κ1) is 21.6. The number of hydrogen-bond donors (Lipinski definition) is 2. The second-order valence-electron chi connectivity index (χ2n) is 7.17. The summed E-state index contributed by atoms with van der Waals surface area (Å²) in [6.45, 7) is 1.77. The molecule has 4 aromatic rings. The van der Waals surface area contributed by atoms with Crippen molar-refractivity contribution in [3.05, 3.63) is 58.8 Å². The van der Waals surface area contributed by atoms with Gasteiger partial charge in [-0.25, -0.2) is 9.97 Å². The molecule has 1 aromatic carbocycles. The summed E-state index contributed by atoms with van der Waals surface area (Å²) in [6.07, 6.45) is 5.11. The number of imidazole rings is 1. The number of anilines is 1. The van der Waals surface area contributed by atoms with Gasteiger partial charge in [-0.1, -0.05) is 0 Å². The third-order valence-corrected chi connectivity index (χ3v) is 5.83. The van der Waals surface area contributed by atoms with Gasteiger partial charge in [0.15, 0.2) is 0 Å². The lowest BCUT2D eigenvalue weighted by molar-refractivity contribution is -0.119. The molecule has 10 heteroatoms. The number of nitrogens with one attached hydrogen (secondary N) is 2. The van der Waals surface area contributed by atoms with Crippen molar-refractivity contribution in [2.24, 2.45) is 7.05 Å². The first-order chi connectivity index (χ1) is 15.5. The molecule has 0 bridgehead atoms. The third kappa shape index (κ3) is 4.36. The van der Waals surface area contributed by atoms with Gasteiger partial charge in [-0.05, 0) is 31.2 Å². The number of thiazole rings is 1. The van der Waals surface area contributed by atoms with E-state index in [1.54, 1.807) is 30.7 Å². The number of carbonyl (C=O) groups is 2. The van der Waals surface area contributed by atoms with Gasteiger partial charge in [0.05, 0.1) is 22.8 Å². The number of methoxy groups -OCH3 is 1. The average Bonchev–Trinajstić information content (AvgIpc) is 3.43. The number of carbonyl (C=O) groups excluding carboxylic acids is 2. The van der Waals surface area contributed by atoms with E-state index in [1.165, 1.54) is 18.4 Å². The highest BCUT2D eigenvalue weighted by atomic mass is 32.1. The molecule has 0 aliphatic carbocycles. The van der Waals surface area contributed by atoms with Crippen LogP contribution in [0, 0.1) is 0 Å². The van der Waals surface area contributed by atoms with Gasteiger partial charge < -0.3 is 19.9 Å². The van der Waals surface area contributed by atoms with Crippen LogP contribution in [0.4, 0.5) is 5.69 Å². The largest absolute Gasteiger partial charge is 0.375 e. The molecule has 2 N–H and O–H groups in total. The molecule has 32 heavy (non-hydrogen) atoms. The summed E-state index contributed by atoms with van der Waals surface area (Å²) in [5, 5.41) is 8.46. The maximum atomic E-state index is 13.0. The highest BCUT2D eigenvalue weighted by Gasteiger charge is 2.20. The molecule has 0 saturated heterocycles. The van der Waals surface area contributed by atoms with Gasteiger partial charge in [0, 0.05) is 49.3 Å². The van der Waals surface area contributed by atoms with Crippen molar-refractivity contribution in [2.75, 3.05) is 19.0 Å². The highest BCUT2D eigenvalue weighted by molar-refractivity contribution is 7.09. The van der Waals surface area contributed by atoms with E-state index in [0.717, 1.165) is 10.6 Å². The van der Waals surface area contributed by atoms with Gasteiger partial charge in [-0.2, -0.15) is 0 Å². The highest BCUT2D eigenvalue weighted by Crippen LogP contribution is 2.30. The molecule has 4 rings (SSSR count). The molecular formula is C22H22N6O3S. The van der Waals surface area contributed by atoms with Crippen LogP contribution in [0.5, 0.6) is 0 Å². The summed E-state index contributed by atoms with van der Waals surface area (Å²) in [7, 11) is 3.30. The fourth-order valence-electron chi connectivity index (χ4n) is 3.44. The number of pyridine rings is 1. The van der Waals surface area contributed by atoms with Crippen molar-refractivity contribution in [1.82, 2.24) is 24.8 Å². The van der Waals surface area contributed by atoms with Crippen LogP contribution in [0.15, 0.2) is 48.2 Å². The second-order valence-corrected chi connectivity index (χ2v) is 8.10. The predicted molar refractivity (Wildman–Crippen MR) is 122 cm³/mol. The third-order valence-electron chi connectivity index (χ3n) is 4.87. The number of fused-ring (bicyclic) bond motifs is 1. The molecule has 164 valence electrons. The van der Waals surface area contributed by atoms with Crippen LogP contribution in [-0.2, 0) is 16.6 Å². The topological polar surface area (TPSA) is 111 Å². The van der Waals surface area contributed by atoms with E-state index >= 15 is 0 Å². The van der Waals surface area contributed by atoms with Crippen LogP contribution in [-0.4, -0.2) is 45.1 Å². The standard InChI is InChI=1S/C22H22N6O3S/c1-13(22-24-7-8-32-22)25-21(30)15-9-16(26-18(29)12-31-3)19-17(10-15)27-20(28(19)2)14-5-4-6-23-11-14/h4-11,13H,12H2,1-3H3,(H,25,30)(H,26,29). The van der Waals surface area contributed by atoms with Crippen molar-refractivity contribution in [3.8, 4) is 11.4 Å². The summed E-state index contributed by atoms with van der Waals surface area (Å²) in [5.41, 5.74) is 2.95. The molecule has 3 heterocycles. The zero-order chi connectivity index (χ0) is 22.7. The van der Waals surface area contributed by atoms with Crippen molar-refractivity contribution in [2.45, 2.75) is 13.0 Å². The maximum Gasteiger partial charge on any atom is 0.251 e. The molecule has 0 radical (unpaired) electrons. The van der Waals surface area contributed by atoms with Gasteiger partial charge in [-0.3, -0.25) is 14.6 Å². The molecule has 0 spiro atoms. The van der Waals surface area contributed by atoms with E-state index < -0.39 is 0 Å². The van der Waals surface area contributed by atoms with Crippen LogP contribution in [0.1, 0.15) is 28.3 Å². The summed E-state index contributed by atoms with van der Waals surface area (Å²) >= 11 is 1.47. The lowest BCUT2D eigenvalue weighted by Gasteiger charge is -2.13. The second kappa shape index (κ2) is 9.25. The van der Waals surface area contributed by atoms with Crippen LogP contribution < -0.4 is 10.6 Å². The van der Waals surface area contributed by atoms with E-state index in [2.05, 4.69) is 20.6 Å². The summed E-state index contributed by atoms with van der Waals surface area (Å²) in [5.74, 6) is 0.0566. The van der Waals surface area contributed by atoms with Crippen LogP contribution in [0.3, 0.4) is 0 Å². The Bertz CT molecular complexity index is 1250. The Balaban J connectivity index is 1.76. The van der Waals surface area contributed by atoms with E-state index in [9.17, 15) is 9.59 Å². The molecule has 0 aliphatic rings. The Morgan fingerprint density at radius 3 is 2.81 bits per heavy atom. The molecular weight excluding hydrogens is 428 g/mol. The van der Waals surface area contributed by atoms with E-state index in [4.69, 9.17) is 9.72 Å². The number of nitrogens with zero attached hydrogens (tertiary/aromatic N) is 4. The number of benzene rings is 1. The normalized spacial score (nSPS) is 12.0. The molecule has 1 atom stereocenters. The van der Waals surface area contributed by atoms with Gasteiger partial charge in [0.25, 0.3) is 5.91 Å². The molecule has 0 fully saturated rings. The van der Waals surface area contributed by atoms with E-state index in [0.29, 0.717) is 28.1 Å². The number of aromatic nitrogens is 4. The SMILES string of the molecule is COCC(=O)Nc1cc(C(=O)NC(C)c2nccs2)cc2nc(-c3cccnc3)n(C)c12. The minimum atomic E-state index is -0.327. The van der Waals surface area contributed by atoms with Gasteiger partial charge in [-0.15, -0.1) is 11.3 Å². The molecule has 0 aliphatic heterocycles. The first-order valence-corrected chi connectivity index (χ1v) is 10.8. The zero-order valence-corrected chi connectivity index (χ0v) is 18.6. The fourth-order valence-corrected chi connectivity index (χ4v) is 4.08. The lowest BCUT2D eigenvalue weighted by Crippen LogP contribution is -2.27. The Kier molecular flexibility index (Phi) is 6.24. The first-order valence-electron chi connectivity index (χ1n) is 9.88. The molecule has 3 aromatic heterocycles. The Morgan fingerprint density at radius 2 is 2.12 bits per heavy atom. The average molecular weight is 451 g/mol. The monoisotopic (exact) mass is 450 g/mol. The summed E-state index contributed by atoms with van der Waals surface area (Å²) in [6, 6.07) is 6.84. The Hall–Kier alpha value is -3.63. The van der Waals surface area contributed by atoms with Crippen molar-refractivity contribution < 1.29 is 14.3 Å². The maximum absolute atomic E-state index is 13.0. The number of amides is 2. The minimum absolute atomic E-state index is 0.105. The summed E-state index contributed by atoms with van der Waals surface area (Å²) < 4.78 is 6.81. The van der Waals surface area contributed by atoms with Crippen molar-refractivity contribution in [1.29, 1.82) is 0 Å². The number of ether oxygens (including phenoxy) is 1. The van der Waals surface area contributed by atoms with Crippen LogP contribution >= 0.6 is 11.3 Å². The van der Waals surface area contributed by atoms with Crippen LogP contribution in [0.2, 0.25) is 0 Å². The number of hydrogen-bond acceptors (Lipinski definition) is 7. The van der Waals surface area contributed by atoms with Crippen molar-refractivity contribution in [3.63, 3.8) is 0 Å². The van der Waals surface area contributed by atoms with Gasteiger partial charge >= 0.3 is 0 Å². The van der Waals surface area contributed by atoms with Gasteiger partial charge in [0.1, 0.15) is 17.4 Å². The van der Waals surface area contributed by atoms with E-state index in [-0.39, 0.29) is 24.5 Å². The number of aryl methyl sites for hydroxylation is 1. The molecule has 9 nitrogen and oxygen atoms in total. The molecule has 1 unspecified atom stereocenters. The predicted octanol–water partition coefficient (Wildman–Crippen LogP) is 3.17. The Morgan fingerprint density at radius 1 is 1.28 bits per heavy atom. The van der Waals surface area contributed by atoms with Crippen molar-refractivity contribution >= 4 is 39.9 Å². The zero-order valence-electron chi connectivity index (χ0n) is 17.8. The van der Waals surface area contributed by atoms with E-state index in [1.807, 2.05) is 36.1 Å². The van der Waals surface area contributed by atoms with Crippen LogP contribution in [0.25, 0.3) is 22.4 Å². The Labute approximate surface area is 188 Å². The fraction of sp³-hybridized carbons (Fsp3) is 0.227. The quantitative estimate of drug-likeness (QED) is 0.447. The lowest BCUT2D eigenvalue weighted by atomic mass is 10.1. The molecule has 2 amide bonds. The minimum Gasteiger partial charge on any atom is -0.375 e.